The quantitative estimate of drug-likeness (QED) is 0.512. The van der Waals surface area contributed by atoms with Gasteiger partial charge in [0.25, 0.3) is 0 Å². The molecule has 3 aromatic rings. The zero-order chi connectivity index (χ0) is 17.9. The van der Waals surface area contributed by atoms with Gasteiger partial charge in [0.05, 0.1) is 6.61 Å². The lowest BCUT2D eigenvalue weighted by Gasteiger charge is -2.10. The Labute approximate surface area is 155 Å². The molecule has 0 saturated heterocycles. The molecule has 0 amide bonds. The van der Waals surface area contributed by atoms with Gasteiger partial charge in [0, 0.05) is 12.2 Å². The van der Waals surface area contributed by atoms with Gasteiger partial charge in [-0.1, -0.05) is 48.5 Å². The number of para-hydroxylation sites is 1. The van der Waals surface area contributed by atoms with E-state index in [-0.39, 0.29) is 0 Å². The van der Waals surface area contributed by atoms with Gasteiger partial charge in [-0.2, -0.15) is 0 Å². The smallest absolute Gasteiger partial charge is 0.119 e. The van der Waals surface area contributed by atoms with Crippen LogP contribution in [0.4, 0.5) is 5.69 Å². The number of ether oxygens (including phenoxy) is 2. The summed E-state index contributed by atoms with van der Waals surface area (Å²) in [6.07, 6.45) is 2.06. The maximum absolute atomic E-state index is 5.81. The van der Waals surface area contributed by atoms with Crippen LogP contribution >= 0.6 is 0 Å². The van der Waals surface area contributed by atoms with Gasteiger partial charge < -0.3 is 14.8 Å². The van der Waals surface area contributed by atoms with Gasteiger partial charge in [-0.3, -0.25) is 0 Å². The molecule has 0 aliphatic rings. The standard InChI is InChI=1S/C23H25NO2/c1-3-8-20(9-4-1)10-7-18-25-23-15-13-21(14-16-23)24-17-19-26-22-11-5-2-6-12-22/h1-6,8-9,11-16,24H,7,10,17-19H2. The summed E-state index contributed by atoms with van der Waals surface area (Å²) in [5.41, 5.74) is 2.42. The Morgan fingerprint density at radius 2 is 1.23 bits per heavy atom. The minimum Gasteiger partial charge on any atom is -0.494 e. The van der Waals surface area contributed by atoms with Crippen molar-refractivity contribution in [2.45, 2.75) is 12.8 Å². The maximum atomic E-state index is 5.81. The lowest BCUT2D eigenvalue weighted by atomic mass is 10.1. The van der Waals surface area contributed by atoms with Crippen LogP contribution in [0.25, 0.3) is 0 Å². The van der Waals surface area contributed by atoms with Crippen LogP contribution in [0.1, 0.15) is 12.0 Å². The molecule has 0 aromatic heterocycles. The highest BCUT2D eigenvalue weighted by Crippen LogP contribution is 2.16. The largest absolute Gasteiger partial charge is 0.494 e. The van der Waals surface area contributed by atoms with E-state index in [2.05, 4.69) is 29.6 Å². The van der Waals surface area contributed by atoms with Crippen molar-refractivity contribution < 1.29 is 9.47 Å². The van der Waals surface area contributed by atoms with Crippen molar-refractivity contribution in [3.63, 3.8) is 0 Å². The zero-order valence-corrected chi connectivity index (χ0v) is 14.9. The van der Waals surface area contributed by atoms with E-state index in [0.717, 1.165) is 43.2 Å². The topological polar surface area (TPSA) is 30.5 Å². The number of anilines is 1. The predicted molar refractivity (Wildman–Crippen MR) is 107 cm³/mol. The Hall–Kier alpha value is -2.94. The fourth-order valence-electron chi connectivity index (χ4n) is 2.66. The molecule has 3 nitrogen and oxygen atoms in total. The lowest BCUT2D eigenvalue weighted by Crippen LogP contribution is -2.11. The van der Waals surface area contributed by atoms with Gasteiger partial charge in [0.15, 0.2) is 0 Å². The summed E-state index contributed by atoms with van der Waals surface area (Å²) in [5.74, 6) is 1.80. The number of aryl methyl sites for hydroxylation is 1. The molecule has 0 fully saturated rings. The van der Waals surface area contributed by atoms with Crippen LogP contribution in [0, 0.1) is 0 Å². The van der Waals surface area contributed by atoms with E-state index < -0.39 is 0 Å². The average molecular weight is 347 g/mol. The molecular weight excluding hydrogens is 322 g/mol. The van der Waals surface area contributed by atoms with Gasteiger partial charge in [-0.15, -0.1) is 0 Å². The Morgan fingerprint density at radius 3 is 1.96 bits per heavy atom. The molecular formula is C23H25NO2. The van der Waals surface area contributed by atoms with Crippen molar-refractivity contribution in [3.8, 4) is 11.5 Å². The summed E-state index contributed by atoms with van der Waals surface area (Å²) in [6.45, 7) is 2.11. The van der Waals surface area contributed by atoms with Gasteiger partial charge in [-0.05, 0) is 54.8 Å². The van der Waals surface area contributed by atoms with Crippen LogP contribution in [-0.4, -0.2) is 19.8 Å². The third-order valence-corrected chi connectivity index (χ3v) is 4.02. The van der Waals surface area contributed by atoms with Crippen LogP contribution in [0.3, 0.4) is 0 Å². The molecule has 3 aromatic carbocycles. The Balaban J connectivity index is 1.31. The minimum absolute atomic E-state index is 0.627. The van der Waals surface area contributed by atoms with E-state index in [0.29, 0.717) is 6.61 Å². The number of benzene rings is 3. The molecule has 26 heavy (non-hydrogen) atoms. The monoisotopic (exact) mass is 347 g/mol. The van der Waals surface area contributed by atoms with Crippen LogP contribution in [-0.2, 0) is 6.42 Å². The average Bonchev–Trinajstić information content (AvgIpc) is 2.71. The van der Waals surface area contributed by atoms with E-state index in [9.17, 15) is 0 Å². The maximum Gasteiger partial charge on any atom is 0.119 e. The fourth-order valence-corrected chi connectivity index (χ4v) is 2.66. The van der Waals surface area contributed by atoms with Crippen molar-refractivity contribution in [1.82, 2.24) is 0 Å². The van der Waals surface area contributed by atoms with Crippen molar-refractivity contribution in [2.75, 3.05) is 25.1 Å². The second-order valence-electron chi connectivity index (χ2n) is 6.05. The highest BCUT2D eigenvalue weighted by molar-refractivity contribution is 5.46. The predicted octanol–water partition coefficient (Wildman–Crippen LogP) is 5.19. The lowest BCUT2D eigenvalue weighted by molar-refractivity contribution is 0.311. The number of hydrogen-bond donors (Lipinski definition) is 1. The minimum atomic E-state index is 0.627. The molecule has 0 saturated carbocycles. The molecule has 0 atom stereocenters. The van der Waals surface area contributed by atoms with Crippen molar-refractivity contribution in [3.05, 3.63) is 90.5 Å². The van der Waals surface area contributed by atoms with E-state index in [1.165, 1.54) is 5.56 Å². The molecule has 1 N–H and O–H groups in total. The molecule has 0 bridgehead atoms. The van der Waals surface area contributed by atoms with E-state index in [1.807, 2.05) is 60.7 Å². The Bertz CT molecular complexity index is 676. The summed E-state index contributed by atoms with van der Waals surface area (Å²) < 4.78 is 11.5. The fraction of sp³-hybridized carbons (Fsp3) is 0.217. The molecule has 3 heteroatoms. The van der Waals surface area contributed by atoms with Gasteiger partial charge >= 0.3 is 0 Å². The molecule has 0 unspecified atom stereocenters. The number of rotatable bonds is 10. The normalized spacial score (nSPS) is 10.3. The first-order valence-electron chi connectivity index (χ1n) is 9.09. The van der Waals surface area contributed by atoms with Crippen LogP contribution < -0.4 is 14.8 Å². The first-order chi connectivity index (χ1) is 12.9. The number of nitrogens with one attached hydrogen (secondary N) is 1. The van der Waals surface area contributed by atoms with E-state index in [1.54, 1.807) is 0 Å². The van der Waals surface area contributed by atoms with Crippen molar-refractivity contribution >= 4 is 5.69 Å². The molecule has 3 rings (SSSR count). The van der Waals surface area contributed by atoms with Gasteiger partial charge in [0.2, 0.25) is 0 Å². The summed E-state index contributed by atoms with van der Waals surface area (Å²) in [7, 11) is 0. The van der Waals surface area contributed by atoms with Gasteiger partial charge in [-0.25, -0.2) is 0 Å². The molecule has 0 spiro atoms. The van der Waals surface area contributed by atoms with Crippen LogP contribution in [0.2, 0.25) is 0 Å². The van der Waals surface area contributed by atoms with Crippen LogP contribution in [0.15, 0.2) is 84.9 Å². The van der Waals surface area contributed by atoms with Crippen molar-refractivity contribution in [2.24, 2.45) is 0 Å². The summed E-state index contributed by atoms with van der Waals surface area (Å²) in [4.78, 5) is 0. The Morgan fingerprint density at radius 1 is 0.615 bits per heavy atom. The first kappa shape index (κ1) is 17.9. The SMILES string of the molecule is c1ccc(CCCOc2ccc(NCCOc3ccccc3)cc2)cc1. The molecule has 0 radical (unpaired) electrons. The first-order valence-corrected chi connectivity index (χ1v) is 9.09. The molecule has 0 aliphatic carbocycles. The highest BCUT2D eigenvalue weighted by Gasteiger charge is 1.97. The highest BCUT2D eigenvalue weighted by atomic mass is 16.5. The second-order valence-corrected chi connectivity index (χ2v) is 6.05. The summed E-state index contributed by atoms with van der Waals surface area (Å²) in [6, 6.07) is 28.4. The van der Waals surface area contributed by atoms with Crippen LogP contribution in [0.5, 0.6) is 11.5 Å². The molecule has 0 aliphatic heterocycles. The van der Waals surface area contributed by atoms with Crippen molar-refractivity contribution in [1.29, 1.82) is 0 Å². The Kier molecular flexibility index (Phi) is 6.97. The van der Waals surface area contributed by atoms with Gasteiger partial charge in [0.1, 0.15) is 18.1 Å². The molecule has 134 valence electrons. The summed E-state index contributed by atoms with van der Waals surface area (Å²) in [5, 5.41) is 3.35. The third kappa shape index (κ3) is 6.17. The summed E-state index contributed by atoms with van der Waals surface area (Å²) >= 11 is 0. The number of hydrogen-bond acceptors (Lipinski definition) is 3. The zero-order valence-electron chi connectivity index (χ0n) is 14.9. The molecule has 0 heterocycles. The second kappa shape index (κ2) is 10.1. The third-order valence-electron chi connectivity index (χ3n) is 4.02. The van der Waals surface area contributed by atoms with E-state index >= 15 is 0 Å². The van der Waals surface area contributed by atoms with E-state index in [4.69, 9.17) is 9.47 Å².